The van der Waals surface area contributed by atoms with E-state index in [1.54, 1.807) is 0 Å². The number of rotatable bonds is 5. The number of halogens is 1. The van der Waals surface area contributed by atoms with Crippen molar-refractivity contribution < 1.29 is 59.2 Å². The third-order valence-electron chi connectivity index (χ3n) is 7.73. The molecule has 13 heteroatoms. The molecule has 0 aromatic heterocycles. The number of fused-ring (bicyclic) bond motifs is 3. The first-order valence-corrected chi connectivity index (χ1v) is 12.3. The molecule has 1 heterocycles. The first-order valence-electron chi connectivity index (χ1n) is 12.3. The number of carbonyl (C=O) groups is 3. The number of phenols is 2. The van der Waals surface area contributed by atoms with Gasteiger partial charge in [-0.2, -0.15) is 0 Å². The number of Topliss-reactive ketones (excluding diaryl/α,β-unsaturated/α-hetero) is 1. The topological polar surface area (TPSA) is 200 Å². The molecule has 6 N–H and O–H groups in total. The number of ether oxygens (including phenoxy) is 3. The van der Waals surface area contributed by atoms with Gasteiger partial charge in [0.2, 0.25) is 5.78 Å². The van der Waals surface area contributed by atoms with Crippen LogP contribution in [0.15, 0.2) is 18.2 Å². The lowest BCUT2D eigenvalue weighted by atomic mass is 9.72. The third-order valence-corrected chi connectivity index (χ3v) is 7.73. The Morgan fingerprint density at radius 1 is 1.10 bits per heavy atom. The lowest BCUT2D eigenvalue weighted by molar-refractivity contribution is -0.266. The molecule has 40 heavy (non-hydrogen) atoms. The SMILES string of the molecule is COc1cccc2c1C(=O)c1c(O)c3c(c(O)c1C2=O)C[C@@](O)(C(=O)CO)C[C@@H]3O[C@H]1C[C@H](O)[C@H](O)[C@H](C)O1.Cl. The Morgan fingerprint density at radius 3 is 2.40 bits per heavy atom. The van der Waals surface area contributed by atoms with Crippen molar-refractivity contribution in [3.63, 3.8) is 0 Å². The highest BCUT2D eigenvalue weighted by Crippen LogP contribution is 2.52. The summed E-state index contributed by atoms with van der Waals surface area (Å²) in [5.41, 5.74) is -3.81. The molecule has 0 spiro atoms. The summed E-state index contributed by atoms with van der Waals surface area (Å²) in [6.07, 6.45) is -7.17. The van der Waals surface area contributed by atoms with Crippen LogP contribution in [0.1, 0.15) is 68.8 Å². The Kier molecular flexibility index (Phi) is 8.00. The van der Waals surface area contributed by atoms with Crippen LogP contribution in [-0.4, -0.2) is 91.9 Å². The summed E-state index contributed by atoms with van der Waals surface area (Å²) in [6, 6.07) is 4.33. The maximum absolute atomic E-state index is 13.6. The largest absolute Gasteiger partial charge is 0.507 e. The molecule has 0 unspecified atom stereocenters. The summed E-state index contributed by atoms with van der Waals surface area (Å²) in [5, 5.41) is 63.7. The predicted molar refractivity (Wildman–Crippen MR) is 137 cm³/mol. The number of carbonyl (C=O) groups excluding carboxylic acids is 3. The van der Waals surface area contributed by atoms with E-state index in [0.717, 1.165) is 0 Å². The van der Waals surface area contributed by atoms with Gasteiger partial charge < -0.3 is 44.8 Å². The average molecular weight is 581 g/mol. The van der Waals surface area contributed by atoms with Crippen LogP contribution in [0.2, 0.25) is 0 Å². The molecule has 6 atom stereocenters. The molecule has 2 aliphatic carbocycles. The fraction of sp³-hybridized carbons (Fsp3) is 0.444. The van der Waals surface area contributed by atoms with Crippen LogP contribution in [0.3, 0.4) is 0 Å². The maximum Gasteiger partial charge on any atom is 0.202 e. The Morgan fingerprint density at radius 2 is 1.77 bits per heavy atom. The Bertz CT molecular complexity index is 1380. The molecule has 12 nitrogen and oxygen atoms in total. The molecular formula is C27H29ClO12. The number of hydrogen-bond acceptors (Lipinski definition) is 12. The average Bonchev–Trinajstić information content (AvgIpc) is 2.90. The number of aliphatic hydroxyl groups excluding tert-OH is 3. The van der Waals surface area contributed by atoms with Crippen LogP contribution in [0.5, 0.6) is 17.2 Å². The minimum atomic E-state index is -2.27. The third kappa shape index (κ3) is 4.45. The fourth-order valence-electron chi connectivity index (χ4n) is 5.69. The number of benzene rings is 2. The lowest BCUT2D eigenvalue weighted by Gasteiger charge is -2.42. The highest BCUT2D eigenvalue weighted by molar-refractivity contribution is 6.31. The number of aromatic hydroxyl groups is 2. The Labute approximate surface area is 234 Å². The van der Waals surface area contributed by atoms with Gasteiger partial charge in [0.05, 0.1) is 42.1 Å². The number of ketones is 3. The first-order chi connectivity index (χ1) is 18.4. The molecule has 2 aromatic rings. The molecule has 0 saturated carbocycles. The van der Waals surface area contributed by atoms with E-state index in [-0.39, 0.29) is 46.8 Å². The van der Waals surface area contributed by atoms with Crippen molar-refractivity contribution in [2.75, 3.05) is 13.7 Å². The van der Waals surface area contributed by atoms with E-state index in [1.165, 1.54) is 32.2 Å². The second kappa shape index (κ2) is 10.7. The second-order valence-corrected chi connectivity index (χ2v) is 10.1. The molecule has 2 aromatic carbocycles. The number of hydrogen-bond donors (Lipinski definition) is 6. The van der Waals surface area contributed by atoms with E-state index in [4.69, 9.17) is 14.2 Å². The smallest absolute Gasteiger partial charge is 0.202 e. The van der Waals surface area contributed by atoms with Crippen molar-refractivity contribution in [2.45, 2.75) is 62.5 Å². The second-order valence-electron chi connectivity index (χ2n) is 10.1. The predicted octanol–water partition coefficient (Wildman–Crippen LogP) is 0.457. The molecule has 0 amide bonds. The zero-order valence-electron chi connectivity index (χ0n) is 21.5. The number of phenolic OH excluding ortho intramolecular Hbond substituents is 2. The summed E-state index contributed by atoms with van der Waals surface area (Å²) in [6.45, 7) is 0.460. The van der Waals surface area contributed by atoms with Crippen molar-refractivity contribution in [1.29, 1.82) is 0 Å². The van der Waals surface area contributed by atoms with Crippen molar-refractivity contribution in [3.05, 3.63) is 51.6 Å². The monoisotopic (exact) mass is 580 g/mol. The zero-order chi connectivity index (χ0) is 28.4. The molecule has 1 aliphatic heterocycles. The van der Waals surface area contributed by atoms with Gasteiger partial charge in [-0.15, -0.1) is 12.4 Å². The zero-order valence-corrected chi connectivity index (χ0v) is 22.3. The summed E-state index contributed by atoms with van der Waals surface area (Å²) in [4.78, 5) is 39.7. The molecular weight excluding hydrogens is 552 g/mol. The molecule has 1 fully saturated rings. The summed E-state index contributed by atoms with van der Waals surface area (Å²) in [5.74, 6) is -3.91. The molecule has 0 bridgehead atoms. The van der Waals surface area contributed by atoms with E-state index in [0.29, 0.717) is 0 Å². The van der Waals surface area contributed by atoms with E-state index in [1.807, 2.05) is 0 Å². The van der Waals surface area contributed by atoms with Gasteiger partial charge in [0, 0.05) is 36.0 Å². The van der Waals surface area contributed by atoms with Crippen LogP contribution in [0, 0.1) is 0 Å². The quantitative estimate of drug-likeness (QED) is 0.228. The van der Waals surface area contributed by atoms with Gasteiger partial charge in [0.25, 0.3) is 0 Å². The standard InChI is InChI=1S/C27H28O12.ClH/c1-10-22(31)13(29)6-17(38-10)39-15-8-27(36,16(30)9-28)7-12-19(15)26(35)21-20(24(12)33)23(32)11-4-3-5-14(37-2)18(11)25(21)34;/h3-5,10,13,15,17,22,28-29,31,33,35-36H,6-9H2,1-2H3;1H/t10-,13-,15-,17-,22+,27-;/m0./s1. The summed E-state index contributed by atoms with van der Waals surface area (Å²) < 4.78 is 16.8. The van der Waals surface area contributed by atoms with Gasteiger partial charge in [-0.05, 0) is 13.0 Å². The molecule has 1 saturated heterocycles. The normalized spacial score (nSPS) is 29.1. The van der Waals surface area contributed by atoms with Crippen molar-refractivity contribution in [2.24, 2.45) is 0 Å². The first kappa shape index (κ1) is 29.9. The van der Waals surface area contributed by atoms with Crippen LogP contribution in [0.25, 0.3) is 0 Å². The fourth-order valence-corrected chi connectivity index (χ4v) is 5.69. The van der Waals surface area contributed by atoms with Crippen LogP contribution in [0.4, 0.5) is 0 Å². The van der Waals surface area contributed by atoms with E-state index in [9.17, 15) is 45.0 Å². The van der Waals surface area contributed by atoms with Gasteiger partial charge in [0.15, 0.2) is 17.9 Å². The van der Waals surface area contributed by atoms with E-state index < -0.39 is 95.7 Å². The highest BCUT2D eigenvalue weighted by atomic mass is 35.5. The number of methoxy groups -OCH3 is 1. The van der Waals surface area contributed by atoms with E-state index >= 15 is 0 Å². The van der Waals surface area contributed by atoms with Gasteiger partial charge in [-0.3, -0.25) is 14.4 Å². The van der Waals surface area contributed by atoms with Crippen LogP contribution in [-0.2, 0) is 20.7 Å². The highest BCUT2D eigenvalue weighted by Gasteiger charge is 2.50. The summed E-state index contributed by atoms with van der Waals surface area (Å²) >= 11 is 0. The van der Waals surface area contributed by atoms with E-state index in [2.05, 4.69) is 0 Å². The Balaban J connectivity index is 0.00000370. The van der Waals surface area contributed by atoms with Gasteiger partial charge in [-0.1, -0.05) is 12.1 Å². The molecule has 5 rings (SSSR count). The van der Waals surface area contributed by atoms with Crippen molar-refractivity contribution >= 4 is 29.8 Å². The molecule has 3 aliphatic rings. The maximum atomic E-state index is 13.6. The van der Waals surface area contributed by atoms with Crippen LogP contribution < -0.4 is 4.74 Å². The van der Waals surface area contributed by atoms with Crippen molar-refractivity contribution in [3.8, 4) is 17.2 Å². The Hall–Kier alpha value is -3.10. The van der Waals surface area contributed by atoms with Gasteiger partial charge in [0.1, 0.15) is 35.6 Å². The van der Waals surface area contributed by atoms with Crippen molar-refractivity contribution in [1.82, 2.24) is 0 Å². The molecule has 0 radical (unpaired) electrons. The molecule has 216 valence electrons. The van der Waals surface area contributed by atoms with Gasteiger partial charge >= 0.3 is 0 Å². The number of aliphatic hydroxyl groups is 4. The minimum absolute atomic E-state index is 0. The van der Waals surface area contributed by atoms with Crippen LogP contribution >= 0.6 is 12.4 Å². The lowest BCUT2D eigenvalue weighted by Crippen LogP contribution is -2.50. The van der Waals surface area contributed by atoms with Gasteiger partial charge in [-0.25, -0.2) is 0 Å². The summed E-state index contributed by atoms with van der Waals surface area (Å²) in [7, 11) is 1.31. The minimum Gasteiger partial charge on any atom is -0.507 e.